The van der Waals surface area contributed by atoms with Crippen LogP contribution in [0.15, 0.2) is 4.99 Å². The Morgan fingerprint density at radius 3 is 2.36 bits per heavy atom. The molecule has 2 aliphatic heterocycles. The van der Waals surface area contributed by atoms with Gasteiger partial charge in [0.25, 0.3) is 0 Å². The zero-order valence-corrected chi connectivity index (χ0v) is 18.9. The summed E-state index contributed by atoms with van der Waals surface area (Å²) in [7, 11) is 2.20. The van der Waals surface area contributed by atoms with Gasteiger partial charge in [0.1, 0.15) is 0 Å². The fourth-order valence-electron chi connectivity index (χ4n) is 4.04. The van der Waals surface area contributed by atoms with Gasteiger partial charge in [-0.05, 0) is 26.3 Å². The largest absolute Gasteiger partial charge is 0.357 e. The molecule has 0 bridgehead atoms. The fourth-order valence-corrected chi connectivity index (χ4v) is 4.04. The standard InChI is InChI=1S/C21H42N6O/c1-7-22-21(24-18-8-9-27(15-18)20(28)17(4)5)23-14-19(16(2)3)26-12-10-25(6)11-13-26/h16-19H,7-15H2,1-6H3,(H2,22,23,24). The number of aliphatic imine (C=N–C) groups is 1. The number of nitrogens with one attached hydrogen (secondary N) is 2. The van der Waals surface area contributed by atoms with E-state index in [0.717, 1.165) is 64.7 Å². The van der Waals surface area contributed by atoms with Crippen LogP contribution < -0.4 is 10.6 Å². The van der Waals surface area contributed by atoms with Crippen LogP contribution in [0, 0.1) is 11.8 Å². The van der Waals surface area contributed by atoms with Gasteiger partial charge in [0, 0.05) is 63.8 Å². The Morgan fingerprint density at radius 2 is 1.79 bits per heavy atom. The molecule has 2 fully saturated rings. The molecule has 0 aromatic heterocycles. The lowest BCUT2D eigenvalue weighted by atomic mass is 10.0. The Labute approximate surface area is 171 Å². The highest BCUT2D eigenvalue weighted by molar-refractivity contribution is 5.81. The second kappa shape index (κ2) is 11.0. The second-order valence-electron chi connectivity index (χ2n) is 8.94. The molecule has 162 valence electrons. The summed E-state index contributed by atoms with van der Waals surface area (Å²) in [5.74, 6) is 1.77. The van der Waals surface area contributed by atoms with Gasteiger partial charge >= 0.3 is 0 Å². The second-order valence-corrected chi connectivity index (χ2v) is 8.94. The van der Waals surface area contributed by atoms with Crippen molar-refractivity contribution in [1.82, 2.24) is 25.3 Å². The Kier molecular flexibility index (Phi) is 9.02. The Bertz CT molecular complexity index is 513. The van der Waals surface area contributed by atoms with Gasteiger partial charge in [0.05, 0.1) is 6.54 Å². The quantitative estimate of drug-likeness (QED) is 0.500. The molecule has 2 N–H and O–H groups in total. The van der Waals surface area contributed by atoms with E-state index >= 15 is 0 Å². The Balaban J connectivity index is 1.94. The van der Waals surface area contributed by atoms with Crippen LogP contribution in [0.1, 0.15) is 41.0 Å². The van der Waals surface area contributed by atoms with Gasteiger partial charge in [-0.25, -0.2) is 0 Å². The predicted octanol–water partition coefficient (Wildman–Crippen LogP) is 1.07. The number of likely N-dealkylation sites (tertiary alicyclic amines) is 1. The van der Waals surface area contributed by atoms with Gasteiger partial charge in [-0.3, -0.25) is 14.7 Å². The molecule has 0 aromatic rings. The van der Waals surface area contributed by atoms with E-state index in [0.29, 0.717) is 12.0 Å². The van der Waals surface area contributed by atoms with Gasteiger partial charge in [-0.15, -0.1) is 0 Å². The number of likely N-dealkylation sites (N-methyl/N-ethyl adjacent to an activating group) is 1. The van der Waals surface area contributed by atoms with E-state index < -0.39 is 0 Å². The van der Waals surface area contributed by atoms with Crippen LogP contribution in [0.2, 0.25) is 0 Å². The number of hydrogen-bond acceptors (Lipinski definition) is 4. The molecule has 2 heterocycles. The molecule has 7 heteroatoms. The maximum Gasteiger partial charge on any atom is 0.225 e. The molecule has 0 aliphatic carbocycles. The lowest BCUT2D eigenvalue weighted by molar-refractivity contribution is -0.133. The van der Waals surface area contributed by atoms with Crippen molar-refractivity contribution < 1.29 is 4.79 Å². The Morgan fingerprint density at radius 1 is 1.11 bits per heavy atom. The maximum atomic E-state index is 12.2. The number of carbonyl (C=O) groups excluding carboxylic acids is 1. The number of rotatable bonds is 7. The minimum atomic E-state index is 0.0658. The minimum Gasteiger partial charge on any atom is -0.357 e. The summed E-state index contributed by atoms with van der Waals surface area (Å²) >= 11 is 0. The van der Waals surface area contributed by atoms with Crippen LogP contribution in [0.3, 0.4) is 0 Å². The average molecular weight is 395 g/mol. The SMILES string of the molecule is CCNC(=NCC(C(C)C)N1CCN(C)CC1)NC1CCN(C(=O)C(C)C)C1. The predicted molar refractivity (Wildman–Crippen MR) is 117 cm³/mol. The van der Waals surface area contributed by atoms with E-state index in [4.69, 9.17) is 4.99 Å². The fraction of sp³-hybridized carbons (Fsp3) is 0.905. The first-order valence-electron chi connectivity index (χ1n) is 11.1. The summed E-state index contributed by atoms with van der Waals surface area (Å²) in [6.45, 7) is 18.4. The van der Waals surface area contributed by atoms with Crippen molar-refractivity contribution in [2.75, 3.05) is 59.4 Å². The first-order valence-corrected chi connectivity index (χ1v) is 11.1. The third-order valence-corrected chi connectivity index (χ3v) is 5.89. The number of guanidine groups is 1. The van der Waals surface area contributed by atoms with Crippen LogP contribution in [0.25, 0.3) is 0 Å². The van der Waals surface area contributed by atoms with Crippen LogP contribution in [-0.2, 0) is 4.79 Å². The van der Waals surface area contributed by atoms with E-state index in [2.05, 4.69) is 48.3 Å². The summed E-state index contributed by atoms with van der Waals surface area (Å²) < 4.78 is 0. The van der Waals surface area contributed by atoms with Crippen molar-refractivity contribution in [1.29, 1.82) is 0 Å². The summed E-state index contributed by atoms with van der Waals surface area (Å²) in [6, 6.07) is 0.744. The monoisotopic (exact) mass is 394 g/mol. The van der Waals surface area contributed by atoms with Crippen LogP contribution >= 0.6 is 0 Å². The first-order chi connectivity index (χ1) is 13.3. The summed E-state index contributed by atoms with van der Waals surface area (Å²) in [4.78, 5) is 24.1. The molecule has 2 atom stereocenters. The minimum absolute atomic E-state index is 0.0658. The van der Waals surface area contributed by atoms with E-state index in [1.165, 1.54) is 0 Å². The van der Waals surface area contributed by atoms with Crippen molar-refractivity contribution in [2.45, 2.75) is 53.1 Å². The highest BCUT2D eigenvalue weighted by atomic mass is 16.2. The van der Waals surface area contributed by atoms with Crippen LogP contribution in [0.5, 0.6) is 0 Å². The molecule has 28 heavy (non-hydrogen) atoms. The summed E-state index contributed by atoms with van der Waals surface area (Å²) in [5, 5.41) is 6.95. The molecule has 0 aromatic carbocycles. The van der Waals surface area contributed by atoms with Crippen molar-refractivity contribution in [2.24, 2.45) is 16.8 Å². The average Bonchev–Trinajstić information content (AvgIpc) is 3.10. The number of piperazine rings is 1. The smallest absolute Gasteiger partial charge is 0.225 e. The molecule has 2 unspecified atom stereocenters. The Hall–Kier alpha value is -1.34. The normalized spacial score (nSPS) is 23.5. The molecule has 2 rings (SSSR count). The molecule has 1 amide bonds. The zero-order chi connectivity index (χ0) is 20.7. The van der Waals surface area contributed by atoms with Gasteiger partial charge in [-0.1, -0.05) is 27.7 Å². The molecular formula is C21H42N6O. The summed E-state index contributed by atoms with van der Waals surface area (Å²) in [6.07, 6.45) is 0.981. The number of amides is 1. The third kappa shape index (κ3) is 6.62. The molecular weight excluding hydrogens is 352 g/mol. The molecule has 0 saturated carbocycles. The highest BCUT2D eigenvalue weighted by Gasteiger charge is 2.28. The highest BCUT2D eigenvalue weighted by Crippen LogP contribution is 2.15. The molecule has 0 radical (unpaired) electrons. The third-order valence-electron chi connectivity index (χ3n) is 5.89. The van der Waals surface area contributed by atoms with Crippen molar-refractivity contribution >= 4 is 11.9 Å². The lowest BCUT2D eigenvalue weighted by Gasteiger charge is -2.39. The number of carbonyl (C=O) groups is 1. The van der Waals surface area contributed by atoms with Gasteiger partial charge in [0.15, 0.2) is 5.96 Å². The molecule has 0 spiro atoms. The van der Waals surface area contributed by atoms with Crippen LogP contribution in [0.4, 0.5) is 0 Å². The summed E-state index contributed by atoms with van der Waals surface area (Å²) in [5.41, 5.74) is 0. The topological polar surface area (TPSA) is 63.2 Å². The van der Waals surface area contributed by atoms with E-state index in [1.807, 2.05) is 18.7 Å². The number of nitrogens with zero attached hydrogens (tertiary/aromatic N) is 4. The van der Waals surface area contributed by atoms with Crippen molar-refractivity contribution in [3.63, 3.8) is 0 Å². The molecule has 2 aliphatic rings. The maximum absolute atomic E-state index is 12.2. The zero-order valence-electron chi connectivity index (χ0n) is 18.9. The van der Waals surface area contributed by atoms with Gasteiger partial charge < -0.3 is 20.4 Å². The molecule has 7 nitrogen and oxygen atoms in total. The van der Waals surface area contributed by atoms with E-state index in [9.17, 15) is 4.79 Å². The lowest BCUT2D eigenvalue weighted by Crippen LogP contribution is -2.52. The number of hydrogen-bond donors (Lipinski definition) is 2. The molecule has 2 saturated heterocycles. The van der Waals surface area contributed by atoms with Crippen LogP contribution in [-0.4, -0.2) is 98.1 Å². The van der Waals surface area contributed by atoms with E-state index in [-0.39, 0.29) is 17.9 Å². The van der Waals surface area contributed by atoms with Crippen molar-refractivity contribution in [3.8, 4) is 0 Å². The van der Waals surface area contributed by atoms with Crippen molar-refractivity contribution in [3.05, 3.63) is 0 Å². The van der Waals surface area contributed by atoms with E-state index in [1.54, 1.807) is 0 Å². The van der Waals surface area contributed by atoms with Gasteiger partial charge in [0.2, 0.25) is 5.91 Å². The van der Waals surface area contributed by atoms with Gasteiger partial charge in [-0.2, -0.15) is 0 Å². The first kappa shape index (κ1) is 22.9.